The lowest BCUT2D eigenvalue weighted by molar-refractivity contribution is -0.135. The smallest absolute Gasteiger partial charge is 0.261 e. The van der Waals surface area contributed by atoms with Crippen LogP contribution in [0.15, 0.2) is 53.3 Å². The molecule has 0 spiro atoms. The number of ether oxygens (including phenoxy) is 1. The Balaban J connectivity index is 1.76. The highest BCUT2D eigenvalue weighted by Gasteiger charge is 2.20. The van der Waals surface area contributed by atoms with E-state index in [1.807, 2.05) is 51.1 Å². The Morgan fingerprint density at radius 2 is 1.86 bits per heavy atom. The Hall–Kier alpha value is -3.15. The fourth-order valence-corrected chi connectivity index (χ4v) is 3.09. The first kappa shape index (κ1) is 19.6. The lowest BCUT2D eigenvalue weighted by atomic mass is 10.1. The molecular formula is C22H25N3O3. The summed E-state index contributed by atoms with van der Waals surface area (Å²) in [5.74, 6) is 1.02. The fraction of sp³-hybridized carbons (Fsp3) is 0.318. The monoisotopic (exact) mass is 379 g/mol. The molecule has 0 saturated carbocycles. The average molecular weight is 379 g/mol. The predicted molar refractivity (Wildman–Crippen MR) is 109 cm³/mol. The van der Waals surface area contributed by atoms with E-state index in [1.165, 1.54) is 0 Å². The van der Waals surface area contributed by atoms with Gasteiger partial charge in [0, 0.05) is 6.04 Å². The van der Waals surface area contributed by atoms with Gasteiger partial charge in [0.05, 0.1) is 17.4 Å². The molecule has 1 heterocycles. The van der Waals surface area contributed by atoms with Crippen molar-refractivity contribution in [2.45, 2.75) is 39.8 Å². The van der Waals surface area contributed by atoms with Gasteiger partial charge in [0.1, 0.15) is 11.6 Å². The summed E-state index contributed by atoms with van der Waals surface area (Å²) < 4.78 is 5.77. The lowest BCUT2D eigenvalue weighted by Gasteiger charge is -2.26. The second-order valence-corrected chi connectivity index (χ2v) is 6.90. The second-order valence-electron chi connectivity index (χ2n) is 6.90. The third-order valence-corrected chi connectivity index (χ3v) is 4.63. The summed E-state index contributed by atoms with van der Waals surface area (Å²) in [4.78, 5) is 34.0. The minimum atomic E-state index is -0.204. The Morgan fingerprint density at radius 3 is 2.61 bits per heavy atom. The molecule has 0 unspecified atom stereocenters. The van der Waals surface area contributed by atoms with E-state index in [2.05, 4.69) is 9.97 Å². The van der Waals surface area contributed by atoms with Crippen LogP contribution in [0.2, 0.25) is 0 Å². The lowest BCUT2D eigenvalue weighted by Crippen LogP contribution is -2.40. The first-order valence-corrected chi connectivity index (χ1v) is 9.47. The Morgan fingerprint density at radius 1 is 1.14 bits per heavy atom. The minimum absolute atomic E-state index is 0.0608. The van der Waals surface area contributed by atoms with Crippen molar-refractivity contribution in [3.63, 3.8) is 0 Å². The van der Waals surface area contributed by atoms with E-state index >= 15 is 0 Å². The van der Waals surface area contributed by atoms with E-state index in [-0.39, 0.29) is 30.7 Å². The molecule has 0 aliphatic heterocycles. The standard InChI is InChI=1S/C22H25N3O3/c1-4-16-9-5-8-12-19(16)28-14-21(26)25(15(2)3)13-20-23-18-11-7-6-10-17(18)22(27)24-20/h5-12,15H,4,13-14H2,1-3H3,(H,23,24,27). The van der Waals surface area contributed by atoms with Crippen LogP contribution >= 0.6 is 0 Å². The number of nitrogens with one attached hydrogen (secondary N) is 1. The van der Waals surface area contributed by atoms with Crippen LogP contribution in [0, 0.1) is 0 Å². The van der Waals surface area contributed by atoms with E-state index in [1.54, 1.807) is 23.1 Å². The number of benzene rings is 2. The zero-order valence-electron chi connectivity index (χ0n) is 16.4. The van der Waals surface area contributed by atoms with Gasteiger partial charge in [-0.15, -0.1) is 0 Å². The number of nitrogens with zero attached hydrogens (tertiary/aromatic N) is 2. The molecule has 6 nitrogen and oxygen atoms in total. The van der Waals surface area contributed by atoms with Crippen LogP contribution in [0.4, 0.5) is 0 Å². The maximum atomic E-state index is 12.8. The average Bonchev–Trinajstić information content (AvgIpc) is 2.70. The van der Waals surface area contributed by atoms with Crippen LogP contribution in [0.3, 0.4) is 0 Å². The number of aromatic amines is 1. The Kier molecular flexibility index (Phi) is 6.09. The third kappa shape index (κ3) is 4.39. The molecule has 1 amide bonds. The molecule has 0 atom stereocenters. The quantitative estimate of drug-likeness (QED) is 0.683. The molecule has 2 aromatic carbocycles. The molecule has 1 aromatic heterocycles. The summed E-state index contributed by atoms with van der Waals surface area (Å²) in [5.41, 5.74) is 1.47. The number of carbonyl (C=O) groups is 1. The van der Waals surface area contributed by atoms with E-state index in [9.17, 15) is 9.59 Å². The molecule has 0 aliphatic rings. The number of aromatic nitrogens is 2. The summed E-state index contributed by atoms with van der Waals surface area (Å²) in [6.45, 7) is 6.06. The molecular weight excluding hydrogens is 354 g/mol. The van der Waals surface area contributed by atoms with Crippen molar-refractivity contribution in [2.24, 2.45) is 0 Å². The van der Waals surface area contributed by atoms with Crippen molar-refractivity contribution >= 4 is 16.8 Å². The van der Waals surface area contributed by atoms with Crippen LogP contribution in [-0.2, 0) is 17.8 Å². The van der Waals surface area contributed by atoms with Gasteiger partial charge in [-0.05, 0) is 44.0 Å². The molecule has 28 heavy (non-hydrogen) atoms. The van der Waals surface area contributed by atoms with Crippen molar-refractivity contribution in [1.82, 2.24) is 14.9 Å². The minimum Gasteiger partial charge on any atom is -0.483 e. The number of fused-ring (bicyclic) bond motifs is 1. The van der Waals surface area contributed by atoms with Crippen LogP contribution in [-0.4, -0.2) is 33.4 Å². The van der Waals surface area contributed by atoms with Gasteiger partial charge in [0.2, 0.25) is 0 Å². The highest BCUT2D eigenvalue weighted by molar-refractivity contribution is 5.79. The van der Waals surface area contributed by atoms with E-state index < -0.39 is 0 Å². The zero-order chi connectivity index (χ0) is 20.1. The first-order valence-electron chi connectivity index (χ1n) is 9.47. The number of para-hydroxylation sites is 2. The zero-order valence-corrected chi connectivity index (χ0v) is 16.4. The van der Waals surface area contributed by atoms with Gasteiger partial charge in [0.25, 0.3) is 11.5 Å². The number of carbonyl (C=O) groups excluding carboxylic acids is 1. The van der Waals surface area contributed by atoms with E-state index in [0.29, 0.717) is 16.7 Å². The van der Waals surface area contributed by atoms with Crippen molar-refractivity contribution in [3.8, 4) is 5.75 Å². The van der Waals surface area contributed by atoms with Gasteiger partial charge in [0.15, 0.2) is 6.61 Å². The number of hydrogen-bond acceptors (Lipinski definition) is 4. The summed E-state index contributed by atoms with van der Waals surface area (Å²) >= 11 is 0. The van der Waals surface area contributed by atoms with Gasteiger partial charge in [-0.25, -0.2) is 4.98 Å². The predicted octanol–water partition coefficient (Wildman–Crippen LogP) is 3.30. The molecule has 0 fully saturated rings. The molecule has 3 aromatic rings. The van der Waals surface area contributed by atoms with Crippen molar-refractivity contribution in [2.75, 3.05) is 6.61 Å². The Bertz CT molecular complexity index is 1030. The largest absolute Gasteiger partial charge is 0.483 e. The first-order chi connectivity index (χ1) is 13.5. The highest BCUT2D eigenvalue weighted by Crippen LogP contribution is 2.18. The number of aryl methyl sites for hydroxylation is 1. The van der Waals surface area contributed by atoms with Gasteiger partial charge in [-0.3, -0.25) is 9.59 Å². The second kappa shape index (κ2) is 8.69. The number of H-pyrrole nitrogens is 1. The van der Waals surface area contributed by atoms with Crippen molar-refractivity contribution < 1.29 is 9.53 Å². The molecule has 0 bridgehead atoms. The normalized spacial score (nSPS) is 11.0. The molecule has 3 rings (SSSR count). The van der Waals surface area contributed by atoms with Crippen molar-refractivity contribution in [3.05, 3.63) is 70.3 Å². The van der Waals surface area contributed by atoms with Crippen molar-refractivity contribution in [1.29, 1.82) is 0 Å². The van der Waals surface area contributed by atoms with Crippen LogP contribution in [0.25, 0.3) is 10.9 Å². The van der Waals surface area contributed by atoms with Crippen LogP contribution in [0.5, 0.6) is 5.75 Å². The van der Waals surface area contributed by atoms with Gasteiger partial charge in [-0.2, -0.15) is 0 Å². The number of hydrogen-bond donors (Lipinski definition) is 1. The molecule has 0 aliphatic carbocycles. The molecule has 6 heteroatoms. The van der Waals surface area contributed by atoms with E-state index in [0.717, 1.165) is 17.7 Å². The molecule has 146 valence electrons. The highest BCUT2D eigenvalue weighted by atomic mass is 16.5. The molecule has 0 radical (unpaired) electrons. The maximum Gasteiger partial charge on any atom is 0.261 e. The summed E-state index contributed by atoms with van der Waals surface area (Å²) in [5, 5.41) is 0.535. The fourth-order valence-electron chi connectivity index (χ4n) is 3.09. The van der Waals surface area contributed by atoms with Gasteiger partial charge < -0.3 is 14.6 Å². The summed E-state index contributed by atoms with van der Waals surface area (Å²) in [6.07, 6.45) is 0.834. The van der Waals surface area contributed by atoms with Crippen LogP contribution in [0.1, 0.15) is 32.2 Å². The SMILES string of the molecule is CCc1ccccc1OCC(=O)N(Cc1nc2ccccc2c(=O)[nH]1)C(C)C. The summed E-state index contributed by atoms with van der Waals surface area (Å²) in [7, 11) is 0. The van der Waals surface area contributed by atoms with Gasteiger partial charge >= 0.3 is 0 Å². The number of amides is 1. The van der Waals surface area contributed by atoms with E-state index in [4.69, 9.17) is 4.74 Å². The number of rotatable bonds is 7. The topological polar surface area (TPSA) is 75.3 Å². The molecule has 0 saturated heterocycles. The summed E-state index contributed by atoms with van der Waals surface area (Å²) in [6, 6.07) is 14.8. The third-order valence-electron chi connectivity index (χ3n) is 4.63. The van der Waals surface area contributed by atoms with Gasteiger partial charge in [-0.1, -0.05) is 37.3 Å². The Labute approximate surface area is 164 Å². The van der Waals surface area contributed by atoms with Crippen LogP contribution < -0.4 is 10.3 Å². The molecule has 1 N–H and O–H groups in total. The maximum absolute atomic E-state index is 12.8.